The fourth-order valence-corrected chi connectivity index (χ4v) is 3.43. The summed E-state index contributed by atoms with van der Waals surface area (Å²) >= 11 is 0. The Morgan fingerprint density at radius 3 is 2.58 bits per heavy atom. The number of fused-ring (bicyclic) bond motifs is 1. The molecule has 0 aliphatic carbocycles. The summed E-state index contributed by atoms with van der Waals surface area (Å²) in [4.78, 5) is 17.0. The lowest BCUT2D eigenvalue weighted by atomic mass is 9.96. The lowest BCUT2D eigenvalue weighted by Crippen LogP contribution is -2.45. The molecule has 24 heavy (non-hydrogen) atoms. The number of amides is 1. The second-order valence-corrected chi connectivity index (χ2v) is 6.74. The molecular formula is C21H26N2O. The minimum atomic E-state index is 0.0778. The Labute approximate surface area is 144 Å². The van der Waals surface area contributed by atoms with E-state index in [0.29, 0.717) is 12.6 Å². The van der Waals surface area contributed by atoms with Gasteiger partial charge in [0.05, 0.1) is 12.6 Å². The molecule has 0 spiro atoms. The van der Waals surface area contributed by atoms with Gasteiger partial charge >= 0.3 is 0 Å². The molecule has 3 rings (SSSR count). The van der Waals surface area contributed by atoms with Crippen molar-refractivity contribution in [3.05, 3.63) is 65.7 Å². The SMILES string of the molecule is C[C@H](c1ccccc1)N(C)C(=O)CN1c2ccccc2CC[C@H]1C. The number of benzene rings is 2. The van der Waals surface area contributed by atoms with E-state index in [0.717, 1.165) is 12.8 Å². The van der Waals surface area contributed by atoms with Crippen LogP contribution in [-0.4, -0.2) is 30.4 Å². The summed E-state index contributed by atoms with van der Waals surface area (Å²) in [5, 5.41) is 0. The summed E-state index contributed by atoms with van der Waals surface area (Å²) in [6, 6.07) is 19.1. The lowest BCUT2D eigenvalue weighted by Gasteiger charge is -2.38. The van der Waals surface area contributed by atoms with Crippen molar-refractivity contribution in [3.8, 4) is 0 Å². The smallest absolute Gasteiger partial charge is 0.242 e. The molecule has 2 atom stereocenters. The second kappa shape index (κ2) is 7.08. The maximum atomic E-state index is 12.9. The fraction of sp³-hybridized carbons (Fsp3) is 0.381. The molecule has 1 amide bonds. The van der Waals surface area contributed by atoms with Gasteiger partial charge in [-0.25, -0.2) is 0 Å². The number of hydrogen-bond acceptors (Lipinski definition) is 2. The van der Waals surface area contributed by atoms with E-state index in [-0.39, 0.29) is 11.9 Å². The Morgan fingerprint density at radius 2 is 1.83 bits per heavy atom. The number of para-hydroxylation sites is 1. The molecule has 0 saturated carbocycles. The van der Waals surface area contributed by atoms with Gasteiger partial charge in [-0.15, -0.1) is 0 Å². The Morgan fingerprint density at radius 1 is 1.17 bits per heavy atom. The maximum absolute atomic E-state index is 12.9. The molecule has 0 N–H and O–H groups in total. The first kappa shape index (κ1) is 16.6. The zero-order valence-corrected chi connectivity index (χ0v) is 14.8. The largest absolute Gasteiger partial charge is 0.359 e. The number of hydrogen-bond donors (Lipinski definition) is 0. The van der Waals surface area contributed by atoms with Gasteiger partial charge in [-0.1, -0.05) is 48.5 Å². The van der Waals surface area contributed by atoms with Crippen molar-refractivity contribution in [2.45, 2.75) is 38.8 Å². The molecule has 0 fully saturated rings. The van der Waals surface area contributed by atoms with Gasteiger partial charge < -0.3 is 9.80 Å². The second-order valence-electron chi connectivity index (χ2n) is 6.74. The minimum Gasteiger partial charge on any atom is -0.359 e. The zero-order chi connectivity index (χ0) is 17.1. The number of likely N-dealkylation sites (N-methyl/N-ethyl adjacent to an activating group) is 1. The van der Waals surface area contributed by atoms with Gasteiger partial charge in [0.1, 0.15) is 0 Å². The van der Waals surface area contributed by atoms with Crippen LogP contribution >= 0.6 is 0 Å². The third-order valence-electron chi connectivity index (χ3n) is 5.23. The summed E-state index contributed by atoms with van der Waals surface area (Å²) in [6.45, 7) is 4.73. The molecule has 0 radical (unpaired) electrons. The highest BCUT2D eigenvalue weighted by Gasteiger charge is 2.27. The molecule has 0 saturated heterocycles. The topological polar surface area (TPSA) is 23.6 Å². The van der Waals surface area contributed by atoms with E-state index >= 15 is 0 Å². The van der Waals surface area contributed by atoms with Gasteiger partial charge in [0.2, 0.25) is 5.91 Å². The van der Waals surface area contributed by atoms with Crippen molar-refractivity contribution in [2.24, 2.45) is 0 Å². The van der Waals surface area contributed by atoms with Gasteiger partial charge in [-0.3, -0.25) is 4.79 Å². The molecule has 3 nitrogen and oxygen atoms in total. The Bertz CT molecular complexity index is 698. The van der Waals surface area contributed by atoms with Gasteiger partial charge in [0.15, 0.2) is 0 Å². The molecule has 0 unspecified atom stereocenters. The van der Waals surface area contributed by atoms with Gasteiger partial charge in [0.25, 0.3) is 0 Å². The predicted octanol–water partition coefficient (Wildman–Crippen LogP) is 4.05. The number of nitrogens with zero attached hydrogens (tertiary/aromatic N) is 2. The van der Waals surface area contributed by atoms with Gasteiger partial charge in [0, 0.05) is 18.8 Å². The van der Waals surface area contributed by atoms with Crippen molar-refractivity contribution in [1.82, 2.24) is 4.90 Å². The van der Waals surface area contributed by atoms with Crippen LogP contribution in [0.4, 0.5) is 5.69 Å². The summed E-state index contributed by atoms with van der Waals surface area (Å²) in [5.41, 5.74) is 3.73. The van der Waals surface area contributed by atoms with E-state index in [2.05, 4.69) is 55.1 Å². The molecule has 2 aromatic carbocycles. The molecular weight excluding hydrogens is 296 g/mol. The first-order valence-corrected chi connectivity index (χ1v) is 8.73. The number of rotatable bonds is 4. The first-order valence-electron chi connectivity index (χ1n) is 8.73. The highest BCUT2D eigenvalue weighted by atomic mass is 16.2. The van der Waals surface area contributed by atoms with Crippen LogP contribution in [0.5, 0.6) is 0 Å². The molecule has 1 aliphatic rings. The van der Waals surface area contributed by atoms with E-state index in [4.69, 9.17) is 0 Å². The van der Waals surface area contributed by atoms with E-state index in [1.807, 2.05) is 30.1 Å². The van der Waals surface area contributed by atoms with Crippen LogP contribution in [-0.2, 0) is 11.2 Å². The zero-order valence-electron chi connectivity index (χ0n) is 14.8. The maximum Gasteiger partial charge on any atom is 0.242 e. The van der Waals surface area contributed by atoms with Crippen molar-refractivity contribution in [2.75, 3.05) is 18.5 Å². The average molecular weight is 322 g/mol. The average Bonchev–Trinajstić information content (AvgIpc) is 2.63. The van der Waals surface area contributed by atoms with Crippen LogP contribution in [0.25, 0.3) is 0 Å². The summed E-state index contributed by atoms with van der Waals surface area (Å²) in [6.07, 6.45) is 2.19. The first-order chi connectivity index (χ1) is 11.6. The Kier molecular flexibility index (Phi) is 4.89. The molecule has 2 aromatic rings. The van der Waals surface area contributed by atoms with E-state index < -0.39 is 0 Å². The highest BCUT2D eigenvalue weighted by Crippen LogP contribution is 2.30. The number of aryl methyl sites for hydroxylation is 1. The predicted molar refractivity (Wildman–Crippen MR) is 99.2 cm³/mol. The Hall–Kier alpha value is -2.29. The standard InChI is InChI=1S/C21H26N2O/c1-16-13-14-19-11-7-8-12-20(19)23(16)15-21(24)22(3)17(2)18-9-5-4-6-10-18/h4-12,16-17H,13-15H2,1-3H3/t16-,17-/m1/s1. The molecule has 0 bridgehead atoms. The van der Waals surface area contributed by atoms with E-state index in [1.165, 1.54) is 16.8 Å². The minimum absolute atomic E-state index is 0.0778. The van der Waals surface area contributed by atoms with Crippen LogP contribution in [0.1, 0.15) is 37.4 Å². The van der Waals surface area contributed by atoms with Crippen LogP contribution in [0.15, 0.2) is 54.6 Å². The number of carbonyl (C=O) groups excluding carboxylic acids is 1. The van der Waals surface area contributed by atoms with E-state index in [1.54, 1.807) is 0 Å². The monoisotopic (exact) mass is 322 g/mol. The van der Waals surface area contributed by atoms with Crippen LogP contribution in [0, 0.1) is 0 Å². The van der Waals surface area contributed by atoms with Crippen molar-refractivity contribution >= 4 is 11.6 Å². The Balaban J connectivity index is 1.75. The summed E-state index contributed by atoms with van der Waals surface area (Å²) in [7, 11) is 1.90. The fourth-order valence-electron chi connectivity index (χ4n) is 3.43. The van der Waals surface area contributed by atoms with Crippen LogP contribution < -0.4 is 4.90 Å². The molecule has 3 heteroatoms. The third kappa shape index (κ3) is 3.30. The summed E-state index contributed by atoms with van der Waals surface area (Å²) in [5.74, 6) is 0.162. The van der Waals surface area contributed by atoms with Gasteiger partial charge in [-0.05, 0) is 43.9 Å². The third-order valence-corrected chi connectivity index (χ3v) is 5.23. The molecule has 126 valence electrons. The summed E-state index contributed by atoms with van der Waals surface area (Å²) < 4.78 is 0. The van der Waals surface area contributed by atoms with Crippen LogP contribution in [0.3, 0.4) is 0 Å². The highest BCUT2D eigenvalue weighted by molar-refractivity contribution is 5.82. The normalized spacial score (nSPS) is 18.0. The molecule has 0 aromatic heterocycles. The quantitative estimate of drug-likeness (QED) is 0.848. The molecule has 1 heterocycles. The van der Waals surface area contributed by atoms with E-state index in [9.17, 15) is 4.79 Å². The van der Waals surface area contributed by atoms with Gasteiger partial charge in [-0.2, -0.15) is 0 Å². The van der Waals surface area contributed by atoms with Crippen molar-refractivity contribution in [3.63, 3.8) is 0 Å². The number of anilines is 1. The van der Waals surface area contributed by atoms with Crippen molar-refractivity contribution in [1.29, 1.82) is 0 Å². The van der Waals surface area contributed by atoms with Crippen LogP contribution in [0.2, 0.25) is 0 Å². The van der Waals surface area contributed by atoms with Crippen molar-refractivity contribution < 1.29 is 4.79 Å². The lowest BCUT2D eigenvalue weighted by molar-refractivity contribution is -0.130. The number of carbonyl (C=O) groups is 1. The molecule has 1 aliphatic heterocycles.